The Labute approximate surface area is 235 Å². The fraction of sp³-hybridized carbons (Fsp3) is 0.182. The quantitative estimate of drug-likeness (QED) is 0.160. The van der Waals surface area contributed by atoms with Crippen molar-refractivity contribution in [1.82, 2.24) is 9.55 Å². The van der Waals surface area contributed by atoms with E-state index in [-0.39, 0.29) is 11.6 Å². The predicted octanol–water partition coefficient (Wildman–Crippen LogP) is 7.76. The Hall–Kier alpha value is -4.36. The zero-order valence-corrected chi connectivity index (χ0v) is 23.1. The van der Waals surface area contributed by atoms with E-state index >= 15 is 0 Å². The number of pyridine rings is 1. The van der Waals surface area contributed by atoms with E-state index in [4.69, 9.17) is 9.72 Å². The molecule has 0 bridgehead atoms. The smallest absolute Gasteiger partial charge is 0.339 e. The number of Topliss-reactive ketones (excluding diaryl/α,β-unsaturated/α-hetero) is 1. The minimum absolute atomic E-state index is 0.338. The molecule has 7 heteroatoms. The number of carbonyl (C=O) groups is 2. The number of halogens is 1. The maximum atomic E-state index is 14.5. The number of aryl methyl sites for hydroxylation is 1. The van der Waals surface area contributed by atoms with Crippen molar-refractivity contribution in [3.8, 4) is 5.69 Å². The molecule has 6 rings (SSSR count). The number of fused-ring (bicyclic) bond motifs is 2. The van der Waals surface area contributed by atoms with Gasteiger partial charge in [0.15, 0.2) is 6.61 Å². The van der Waals surface area contributed by atoms with E-state index in [0.717, 1.165) is 40.2 Å². The van der Waals surface area contributed by atoms with E-state index < -0.39 is 12.6 Å². The number of ether oxygens (including phenoxy) is 1. The van der Waals surface area contributed by atoms with Gasteiger partial charge in [-0.1, -0.05) is 36.4 Å². The third-order valence-corrected chi connectivity index (χ3v) is 8.21. The highest BCUT2D eigenvalue weighted by Crippen LogP contribution is 2.37. The zero-order chi connectivity index (χ0) is 27.8. The van der Waals surface area contributed by atoms with E-state index in [1.54, 1.807) is 47.1 Å². The van der Waals surface area contributed by atoms with Crippen molar-refractivity contribution in [2.75, 3.05) is 6.61 Å². The molecular weight excluding hydrogens is 523 g/mol. The van der Waals surface area contributed by atoms with Gasteiger partial charge in [0.1, 0.15) is 5.82 Å². The molecule has 0 atom stereocenters. The van der Waals surface area contributed by atoms with Crippen LogP contribution in [0, 0.1) is 19.7 Å². The normalized spacial score (nSPS) is 13.9. The number of rotatable bonds is 6. The number of allylic oxidation sites excluding steroid dienone is 1. The molecular formula is C33H27FN2O3S. The highest BCUT2D eigenvalue weighted by molar-refractivity contribution is 7.10. The van der Waals surface area contributed by atoms with Crippen LogP contribution in [-0.4, -0.2) is 27.9 Å². The van der Waals surface area contributed by atoms with Crippen molar-refractivity contribution < 1.29 is 18.7 Å². The number of carbonyl (C=O) groups excluding carboxylic acids is 2. The SMILES string of the molecule is Cc1cc(C(=O)COC(=O)c2c3c(nc4ccccc24)/C(=C\c2cccs2)CCC3)c(C)n1-c1ccccc1F. The Morgan fingerprint density at radius 2 is 1.85 bits per heavy atom. The molecule has 0 radical (unpaired) electrons. The molecule has 0 amide bonds. The maximum absolute atomic E-state index is 14.5. The number of hydrogen-bond acceptors (Lipinski definition) is 5. The average molecular weight is 551 g/mol. The minimum Gasteiger partial charge on any atom is -0.454 e. The van der Waals surface area contributed by atoms with Gasteiger partial charge in [-0.05, 0) is 86.0 Å². The molecule has 0 unspecified atom stereocenters. The second kappa shape index (κ2) is 10.7. The molecule has 1 aliphatic rings. The van der Waals surface area contributed by atoms with Crippen molar-refractivity contribution in [3.05, 3.63) is 117 Å². The maximum Gasteiger partial charge on any atom is 0.339 e. The Balaban J connectivity index is 1.32. The van der Waals surface area contributed by atoms with Crippen LogP contribution in [0.15, 0.2) is 72.1 Å². The lowest BCUT2D eigenvalue weighted by Crippen LogP contribution is -2.19. The fourth-order valence-electron chi connectivity index (χ4n) is 5.58. The summed E-state index contributed by atoms with van der Waals surface area (Å²) in [5.74, 6) is -1.26. The van der Waals surface area contributed by atoms with Gasteiger partial charge < -0.3 is 9.30 Å². The second-order valence-electron chi connectivity index (χ2n) is 9.94. The van der Waals surface area contributed by atoms with E-state index in [1.807, 2.05) is 42.6 Å². The van der Waals surface area contributed by atoms with Crippen LogP contribution in [0.2, 0.25) is 0 Å². The Morgan fingerprint density at radius 1 is 1.05 bits per heavy atom. The number of para-hydroxylation sites is 2. The van der Waals surface area contributed by atoms with Crippen LogP contribution in [0.1, 0.15) is 61.1 Å². The number of ketones is 1. The summed E-state index contributed by atoms with van der Waals surface area (Å²) in [5, 5.41) is 2.76. The largest absolute Gasteiger partial charge is 0.454 e. The van der Waals surface area contributed by atoms with Gasteiger partial charge in [0.05, 0.1) is 22.5 Å². The lowest BCUT2D eigenvalue weighted by molar-refractivity contribution is 0.0475. The first kappa shape index (κ1) is 25.9. The molecule has 3 heterocycles. The van der Waals surface area contributed by atoms with Crippen LogP contribution in [0.4, 0.5) is 4.39 Å². The summed E-state index contributed by atoms with van der Waals surface area (Å²) in [4.78, 5) is 33.0. The van der Waals surface area contributed by atoms with Crippen LogP contribution < -0.4 is 0 Å². The lowest BCUT2D eigenvalue weighted by Gasteiger charge is -2.22. The third-order valence-electron chi connectivity index (χ3n) is 7.39. The molecule has 5 nitrogen and oxygen atoms in total. The molecule has 0 N–H and O–H groups in total. The van der Waals surface area contributed by atoms with Crippen molar-refractivity contribution in [3.63, 3.8) is 0 Å². The van der Waals surface area contributed by atoms with Gasteiger partial charge in [0.25, 0.3) is 0 Å². The van der Waals surface area contributed by atoms with E-state index in [9.17, 15) is 14.0 Å². The molecule has 0 aliphatic heterocycles. The molecule has 2 aromatic carbocycles. The first-order chi connectivity index (χ1) is 19.4. The van der Waals surface area contributed by atoms with Crippen molar-refractivity contribution >= 4 is 45.6 Å². The number of nitrogens with zero attached hydrogens (tertiary/aromatic N) is 2. The van der Waals surface area contributed by atoms with Crippen LogP contribution in [0.5, 0.6) is 0 Å². The number of esters is 1. The molecule has 0 saturated carbocycles. The van der Waals surface area contributed by atoms with Gasteiger partial charge in [-0.25, -0.2) is 14.2 Å². The van der Waals surface area contributed by atoms with Crippen LogP contribution in [0.3, 0.4) is 0 Å². The number of thiophene rings is 1. The monoisotopic (exact) mass is 550 g/mol. The van der Waals surface area contributed by atoms with Gasteiger partial charge in [-0.3, -0.25) is 4.79 Å². The van der Waals surface area contributed by atoms with Crippen molar-refractivity contribution in [2.45, 2.75) is 33.1 Å². The number of hydrogen-bond donors (Lipinski definition) is 0. The third kappa shape index (κ3) is 4.67. The lowest BCUT2D eigenvalue weighted by atomic mass is 9.86. The first-order valence-corrected chi connectivity index (χ1v) is 14.1. The highest BCUT2D eigenvalue weighted by Gasteiger charge is 2.27. The van der Waals surface area contributed by atoms with Crippen molar-refractivity contribution in [2.24, 2.45) is 0 Å². The molecule has 1 aliphatic carbocycles. The van der Waals surface area contributed by atoms with E-state index in [0.29, 0.717) is 39.8 Å². The van der Waals surface area contributed by atoms with Crippen LogP contribution >= 0.6 is 11.3 Å². The molecule has 200 valence electrons. The van der Waals surface area contributed by atoms with Gasteiger partial charge in [0, 0.05) is 27.2 Å². The van der Waals surface area contributed by atoms with Gasteiger partial charge >= 0.3 is 5.97 Å². The summed E-state index contributed by atoms with van der Waals surface area (Å²) in [5.41, 5.74) is 6.06. The Bertz CT molecular complexity index is 1800. The van der Waals surface area contributed by atoms with E-state index in [2.05, 4.69) is 12.1 Å². The second-order valence-corrected chi connectivity index (χ2v) is 10.9. The standard InChI is InChI=1S/C33H27FN2O3S/c1-20-17-26(21(2)36(20)29-15-6-4-13-27(29)34)30(37)19-39-33(38)31-24-11-3-5-14-28(24)35-32-22(9-7-12-25(31)32)18-23-10-8-16-40-23/h3-6,8,10-11,13-18H,7,9,12,19H2,1-2H3/b22-18-. The fourth-order valence-corrected chi connectivity index (χ4v) is 6.26. The summed E-state index contributed by atoms with van der Waals surface area (Å²) in [6, 6.07) is 19.8. The molecule has 3 aromatic heterocycles. The number of aromatic nitrogens is 2. The van der Waals surface area contributed by atoms with Gasteiger partial charge in [-0.15, -0.1) is 11.3 Å². The summed E-state index contributed by atoms with van der Waals surface area (Å²) in [7, 11) is 0. The minimum atomic E-state index is -0.538. The molecule has 40 heavy (non-hydrogen) atoms. The average Bonchev–Trinajstić information content (AvgIpc) is 3.58. The summed E-state index contributed by atoms with van der Waals surface area (Å²) in [6.45, 7) is 3.17. The van der Waals surface area contributed by atoms with Gasteiger partial charge in [-0.2, -0.15) is 0 Å². The molecule has 0 spiro atoms. The van der Waals surface area contributed by atoms with Crippen molar-refractivity contribution in [1.29, 1.82) is 0 Å². The number of benzene rings is 2. The van der Waals surface area contributed by atoms with Crippen LogP contribution in [0.25, 0.3) is 28.2 Å². The Morgan fingerprint density at radius 3 is 2.65 bits per heavy atom. The molecule has 0 saturated heterocycles. The Kier molecular flexibility index (Phi) is 6.90. The molecule has 0 fully saturated rings. The topological polar surface area (TPSA) is 61.2 Å². The van der Waals surface area contributed by atoms with Crippen LogP contribution in [-0.2, 0) is 11.2 Å². The summed E-state index contributed by atoms with van der Waals surface area (Å²) < 4.78 is 21.9. The predicted molar refractivity (Wildman–Crippen MR) is 157 cm³/mol. The first-order valence-electron chi connectivity index (χ1n) is 13.2. The van der Waals surface area contributed by atoms with Gasteiger partial charge in [0.2, 0.25) is 5.78 Å². The molecule has 5 aromatic rings. The summed E-state index contributed by atoms with van der Waals surface area (Å²) in [6.07, 6.45) is 4.62. The summed E-state index contributed by atoms with van der Waals surface area (Å²) >= 11 is 1.66. The zero-order valence-electron chi connectivity index (χ0n) is 22.2. The van der Waals surface area contributed by atoms with E-state index in [1.165, 1.54) is 6.07 Å². The highest BCUT2D eigenvalue weighted by atomic mass is 32.1.